The van der Waals surface area contributed by atoms with Crippen LogP contribution in [0, 0.1) is 6.92 Å². The topological polar surface area (TPSA) is 149 Å². The number of rotatable bonds is 5. The van der Waals surface area contributed by atoms with E-state index in [4.69, 9.17) is 9.56 Å². The van der Waals surface area contributed by atoms with Gasteiger partial charge in [0.1, 0.15) is 5.76 Å². The highest BCUT2D eigenvalue weighted by molar-refractivity contribution is 7.90. The molecule has 1 heterocycles. The average Bonchev–Trinajstić information content (AvgIpc) is 2.90. The van der Waals surface area contributed by atoms with Gasteiger partial charge in [-0.3, -0.25) is 10.2 Å². The number of furan rings is 1. The van der Waals surface area contributed by atoms with Gasteiger partial charge in [0.15, 0.2) is 0 Å². The lowest BCUT2D eigenvalue weighted by Crippen LogP contribution is -2.41. The van der Waals surface area contributed by atoms with E-state index in [1.807, 2.05) is 10.3 Å². The lowest BCUT2D eigenvalue weighted by molar-refractivity contribution is 0.0943. The van der Waals surface area contributed by atoms with Crippen LogP contribution in [0.1, 0.15) is 16.1 Å². The molecule has 0 aliphatic heterocycles. The smallest absolute Gasteiger partial charge is 0.269 e. The first-order chi connectivity index (χ1) is 10.6. The molecular weight excluding hydrogens is 346 g/mol. The molecule has 0 atom stereocenters. The highest BCUT2D eigenvalue weighted by atomic mass is 32.2. The molecule has 2 aromatic rings. The second kappa shape index (κ2) is 6.12. The summed E-state index contributed by atoms with van der Waals surface area (Å²) in [4.78, 5) is 13.0. The first kappa shape index (κ1) is 17.1. The zero-order valence-corrected chi connectivity index (χ0v) is 13.4. The van der Waals surface area contributed by atoms with E-state index in [1.54, 1.807) is 6.92 Å². The molecule has 9 nitrogen and oxygen atoms in total. The van der Waals surface area contributed by atoms with Crippen LogP contribution in [0.5, 0.6) is 0 Å². The normalized spacial score (nSPS) is 12.1. The fraction of sp³-hybridized carbons (Fsp3) is 0.0833. The van der Waals surface area contributed by atoms with Crippen molar-refractivity contribution in [2.24, 2.45) is 5.14 Å². The van der Waals surface area contributed by atoms with Gasteiger partial charge in [0.2, 0.25) is 10.0 Å². The Hall–Kier alpha value is -2.21. The minimum absolute atomic E-state index is 0.158. The highest BCUT2D eigenvalue weighted by Crippen LogP contribution is 2.14. The van der Waals surface area contributed by atoms with Crippen molar-refractivity contribution >= 4 is 26.0 Å². The molecule has 23 heavy (non-hydrogen) atoms. The number of carbonyl (C=O) groups is 1. The highest BCUT2D eigenvalue weighted by Gasteiger charge is 2.19. The maximum atomic E-state index is 12.1. The Kier molecular flexibility index (Phi) is 4.56. The number of primary sulfonamides is 1. The van der Waals surface area contributed by atoms with E-state index in [1.165, 1.54) is 18.4 Å². The number of amides is 1. The minimum Gasteiger partial charge on any atom is -0.469 e. The van der Waals surface area contributed by atoms with Crippen LogP contribution in [0.2, 0.25) is 0 Å². The first-order valence-electron chi connectivity index (χ1n) is 6.10. The molecule has 0 saturated carbocycles. The zero-order chi connectivity index (χ0) is 17.3. The van der Waals surface area contributed by atoms with Gasteiger partial charge in [0, 0.05) is 0 Å². The Morgan fingerprint density at radius 1 is 1.13 bits per heavy atom. The first-order valence-corrected chi connectivity index (χ1v) is 9.13. The molecule has 0 unspecified atom stereocenters. The van der Waals surface area contributed by atoms with Crippen LogP contribution in [-0.2, 0) is 20.0 Å². The molecule has 0 aliphatic rings. The van der Waals surface area contributed by atoms with Crippen molar-refractivity contribution in [1.82, 2.24) is 10.3 Å². The number of carbonyl (C=O) groups excluding carboxylic acids is 1. The number of hydrogen-bond donors (Lipinski definition) is 3. The van der Waals surface area contributed by atoms with Crippen molar-refractivity contribution in [2.45, 2.75) is 16.7 Å². The Balaban J connectivity index is 2.20. The summed E-state index contributed by atoms with van der Waals surface area (Å²) in [7, 11) is -8.22. The van der Waals surface area contributed by atoms with E-state index in [0.717, 1.165) is 18.2 Å². The van der Waals surface area contributed by atoms with E-state index in [-0.39, 0.29) is 15.4 Å². The molecule has 0 fully saturated rings. The van der Waals surface area contributed by atoms with Gasteiger partial charge in [0.05, 0.1) is 21.6 Å². The molecule has 0 aliphatic carbocycles. The van der Waals surface area contributed by atoms with Crippen molar-refractivity contribution in [3.63, 3.8) is 0 Å². The monoisotopic (exact) mass is 359 g/mol. The van der Waals surface area contributed by atoms with Crippen LogP contribution in [-0.4, -0.2) is 22.7 Å². The van der Waals surface area contributed by atoms with Crippen molar-refractivity contribution in [1.29, 1.82) is 0 Å². The van der Waals surface area contributed by atoms with Gasteiger partial charge in [0.25, 0.3) is 15.9 Å². The summed E-state index contributed by atoms with van der Waals surface area (Å²) in [6.45, 7) is 1.54. The third-order valence-electron chi connectivity index (χ3n) is 2.85. The average molecular weight is 359 g/mol. The third kappa shape index (κ3) is 3.96. The Morgan fingerprint density at radius 3 is 2.35 bits per heavy atom. The van der Waals surface area contributed by atoms with Gasteiger partial charge >= 0.3 is 0 Å². The Bertz CT molecular complexity index is 947. The van der Waals surface area contributed by atoms with Crippen LogP contribution >= 0.6 is 0 Å². The maximum absolute atomic E-state index is 12.1. The third-order valence-corrected chi connectivity index (χ3v) is 5.00. The molecule has 2 rings (SSSR count). The molecule has 124 valence electrons. The van der Waals surface area contributed by atoms with E-state index < -0.39 is 26.0 Å². The standard InChI is InChI=1S/C12H13N3O6S2/c1-8-11(5-6-21-8)12(16)14-15-23(19,20)10-4-2-3-9(7-10)22(13,17)18/h2-7,15H,1H3,(H,14,16)(H2,13,17,18). The van der Waals surface area contributed by atoms with Crippen molar-refractivity contribution < 1.29 is 26.0 Å². The van der Waals surface area contributed by atoms with Crippen molar-refractivity contribution in [3.05, 3.63) is 47.9 Å². The number of sulfonamides is 2. The molecule has 0 spiro atoms. The number of nitrogens with one attached hydrogen (secondary N) is 2. The molecule has 1 amide bonds. The predicted molar refractivity (Wildman–Crippen MR) is 79.0 cm³/mol. The van der Waals surface area contributed by atoms with E-state index in [2.05, 4.69) is 0 Å². The zero-order valence-electron chi connectivity index (χ0n) is 11.8. The number of hydrazine groups is 1. The van der Waals surface area contributed by atoms with Crippen molar-refractivity contribution in [2.75, 3.05) is 0 Å². The van der Waals surface area contributed by atoms with E-state index >= 15 is 0 Å². The summed E-state index contributed by atoms with van der Waals surface area (Å²) in [6, 6.07) is 5.79. The molecule has 1 aromatic carbocycles. The van der Waals surface area contributed by atoms with Crippen LogP contribution in [0.25, 0.3) is 0 Å². The van der Waals surface area contributed by atoms with Crippen LogP contribution < -0.4 is 15.4 Å². The predicted octanol–water partition coefficient (Wildman–Crippen LogP) is -0.141. The lowest BCUT2D eigenvalue weighted by Gasteiger charge is -2.09. The molecule has 1 aromatic heterocycles. The largest absolute Gasteiger partial charge is 0.469 e. The fourth-order valence-corrected chi connectivity index (χ4v) is 3.20. The quantitative estimate of drug-likeness (QED) is 0.633. The van der Waals surface area contributed by atoms with Gasteiger partial charge in [-0.05, 0) is 31.2 Å². The van der Waals surface area contributed by atoms with Gasteiger partial charge < -0.3 is 4.42 Å². The SMILES string of the molecule is Cc1occc1C(=O)NNS(=O)(=O)c1cccc(S(N)(=O)=O)c1. The summed E-state index contributed by atoms with van der Waals surface area (Å²) < 4.78 is 51.6. The summed E-state index contributed by atoms with van der Waals surface area (Å²) in [5.74, 6) is -0.402. The summed E-state index contributed by atoms with van der Waals surface area (Å²) >= 11 is 0. The molecular formula is C12H13N3O6S2. The molecule has 11 heteroatoms. The van der Waals surface area contributed by atoms with E-state index in [9.17, 15) is 21.6 Å². The van der Waals surface area contributed by atoms with E-state index in [0.29, 0.717) is 5.76 Å². The molecule has 0 saturated heterocycles. The molecule has 0 radical (unpaired) electrons. The summed E-state index contributed by atoms with van der Waals surface area (Å²) in [5, 5.41) is 4.95. The number of benzene rings is 1. The number of nitrogens with two attached hydrogens (primary N) is 1. The second-order valence-corrected chi connectivity index (χ2v) is 7.71. The lowest BCUT2D eigenvalue weighted by atomic mass is 10.2. The van der Waals surface area contributed by atoms with Gasteiger partial charge in [-0.15, -0.1) is 4.83 Å². The second-order valence-electron chi connectivity index (χ2n) is 4.47. The number of hydrogen-bond acceptors (Lipinski definition) is 6. The van der Waals surface area contributed by atoms with Gasteiger partial charge in [-0.1, -0.05) is 6.07 Å². The number of aryl methyl sites for hydroxylation is 1. The Morgan fingerprint density at radius 2 is 1.78 bits per heavy atom. The van der Waals surface area contributed by atoms with Gasteiger partial charge in [-0.25, -0.2) is 22.0 Å². The van der Waals surface area contributed by atoms with Crippen LogP contribution in [0.15, 0.2) is 50.8 Å². The Labute approximate surface area is 132 Å². The van der Waals surface area contributed by atoms with Crippen molar-refractivity contribution in [3.8, 4) is 0 Å². The van der Waals surface area contributed by atoms with Gasteiger partial charge in [-0.2, -0.15) is 0 Å². The maximum Gasteiger partial charge on any atom is 0.269 e. The summed E-state index contributed by atoms with van der Waals surface area (Å²) in [6.07, 6.45) is 1.29. The van der Waals surface area contributed by atoms with Crippen LogP contribution in [0.4, 0.5) is 0 Å². The summed E-state index contributed by atoms with van der Waals surface area (Å²) in [5.41, 5.74) is 2.16. The fourth-order valence-electron chi connectivity index (χ4n) is 1.68. The van der Waals surface area contributed by atoms with Crippen LogP contribution in [0.3, 0.4) is 0 Å². The molecule has 0 bridgehead atoms. The molecule has 4 N–H and O–H groups in total. The minimum atomic E-state index is -4.17.